The number of nitrogens with zero attached hydrogens (tertiary/aromatic N) is 8. The molecule has 1 aliphatic carbocycles. The standard InChI is InChI=1S/C53H54F2N8O3S/c1-32-33(2)67-52-48(32)50(57-46(30-47-56-20-27-66-47)51-59-58-34(3)63(51)52)36-6-12-39(13-7-36)61-21-18-53(65,19-22-61)31-60-23-25-62(26-24-60)40-10-4-35(5-11-40)49-42-17-14-41(64)28-37(42)8-15-44(49)43-16-9-38(54)29-45(43)55/h4-7,9-14,16-17,20,27-29,44,46,49,64-65H,8,15,18-19,21-26,30-31H2,1-3H3/t44-,46+,49-/m1/s1. The van der Waals surface area contributed by atoms with Gasteiger partial charge in [0, 0.05) is 85.2 Å². The largest absolute Gasteiger partial charge is 0.508 e. The van der Waals surface area contributed by atoms with Gasteiger partial charge in [0.2, 0.25) is 0 Å². The topological polar surface area (TPSA) is 119 Å². The highest BCUT2D eigenvalue weighted by Crippen LogP contribution is 2.48. The molecule has 67 heavy (non-hydrogen) atoms. The van der Waals surface area contributed by atoms with Gasteiger partial charge < -0.3 is 24.4 Å². The van der Waals surface area contributed by atoms with Crippen molar-refractivity contribution in [3.05, 3.63) is 170 Å². The highest BCUT2D eigenvalue weighted by Gasteiger charge is 2.37. The first-order valence-corrected chi connectivity index (χ1v) is 24.2. The van der Waals surface area contributed by atoms with Crippen molar-refractivity contribution < 1.29 is 23.4 Å². The van der Waals surface area contributed by atoms with Crippen molar-refractivity contribution in [2.75, 3.05) is 55.6 Å². The van der Waals surface area contributed by atoms with Crippen molar-refractivity contribution >= 4 is 28.4 Å². The molecule has 14 heteroatoms. The number of thiophene rings is 1. The fraction of sp³-hybridized carbons (Fsp3) is 0.358. The summed E-state index contributed by atoms with van der Waals surface area (Å²) in [5, 5.41) is 32.3. The molecule has 3 aliphatic heterocycles. The van der Waals surface area contributed by atoms with Crippen LogP contribution in [0.1, 0.15) is 98.5 Å². The zero-order valence-electron chi connectivity index (χ0n) is 38.0. The number of piperazine rings is 1. The number of benzene rings is 4. The third-order valence-corrected chi connectivity index (χ3v) is 15.9. The number of aromatic nitrogens is 4. The molecule has 0 amide bonds. The van der Waals surface area contributed by atoms with Crippen LogP contribution >= 0.6 is 11.3 Å². The second-order valence-corrected chi connectivity index (χ2v) is 20.0. The maximum Gasteiger partial charge on any atom is 0.196 e. The molecule has 2 fully saturated rings. The minimum atomic E-state index is -0.761. The Balaban J connectivity index is 0.732. The Morgan fingerprint density at radius 3 is 2.25 bits per heavy atom. The molecule has 11 rings (SSSR count). The number of aliphatic hydroxyl groups is 1. The molecule has 2 N–H and O–H groups in total. The molecule has 0 saturated carbocycles. The second kappa shape index (κ2) is 17.5. The first-order valence-electron chi connectivity index (χ1n) is 23.4. The Hall–Kier alpha value is -6.22. The lowest BCUT2D eigenvalue weighted by Gasteiger charge is -2.44. The summed E-state index contributed by atoms with van der Waals surface area (Å²) >= 11 is 1.74. The molecule has 3 aromatic heterocycles. The summed E-state index contributed by atoms with van der Waals surface area (Å²) in [6, 6.07) is 26.4. The second-order valence-electron chi connectivity index (χ2n) is 18.8. The fourth-order valence-corrected chi connectivity index (χ4v) is 12.3. The number of β-amino-alcohol motifs (C(OH)–C–C–N with tert-alkyl or cyclic N) is 1. The smallest absolute Gasteiger partial charge is 0.196 e. The Morgan fingerprint density at radius 1 is 0.821 bits per heavy atom. The molecule has 7 aromatic rings. The molecule has 6 heterocycles. The fourth-order valence-electron chi connectivity index (χ4n) is 11.0. The minimum absolute atomic E-state index is 0.133. The molecule has 11 nitrogen and oxygen atoms in total. The number of aliphatic imine (C=N–C) groups is 1. The van der Waals surface area contributed by atoms with E-state index in [2.05, 4.69) is 96.8 Å². The van der Waals surface area contributed by atoms with Crippen LogP contribution in [0.3, 0.4) is 0 Å². The van der Waals surface area contributed by atoms with Crippen LogP contribution in [0.4, 0.5) is 20.2 Å². The highest BCUT2D eigenvalue weighted by molar-refractivity contribution is 7.15. The highest BCUT2D eigenvalue weighted by atomic mass is 32.1. The number of piperidine rings is 1. The number of hydrogen-bond donors (Lipinski definition) is 2. The van der Waals surface area contributed by atoms with E-state index in [1.807, 2.05) is 19.1 Å². The van der Waals surface area contributed by atoms with Crippen molar-refractivity contribution in [2.45, 2.75) is 76.4 Å². The van der Waals surface area contributed by atoms with Gasteiger partial charge in [-0.05, 0) is 123 Å². The zero-order valence-corrected chi connectivity index (χ0v) is 38.8. The third-order valence-electron chi connectivity index (χ3n) is 14.7. The Bertz CT molecular complexity index is 2950. The Kier molecular flexibility index (Phi) is 11.3. The molecular formula is C53H54F2N8O3S. The number of halogens is 2. The zero-order chi connectivity index (χ0) is 46.0. The molecule has 2 saturated heterocycles. The van der Waals surface area contributed by atoms with Gasteiger partial charge in [-0.25, -0.2) is 13.8 Å². The Labute approximate surface area is 393 Å². The summed E-state index contributed by atoms with van der Waals surface area (Å²) in [6.45, 7) is 11.9. The summed E-state index contributed by atoms with van der Waals surface area (Å²) in [4.78, 5) is 18.2. The first kappa shape index (κ1) is 43.4. The number of hydrogen-bond acceptors (Lipinski definition) is 11. The summed E-state index contributed by atoms with van der Waals surface area (Å²) in [5.74, 6) is 1.04. The number of phenols is 1. The van der Waals surface area contributed by atoms with Crippen LogP contribution in [0.2, 0.25) is 0 Å². The van der Waals surface area contributed by atoms with Crippen molar-refractivity contribution in [3.63, 3.8) is 0 Å². The lowest BCUT2D eigenvalue weighted by atomic mass is 9.69. The minimum Gasteiger partial charge on any atom is -0.508 e. The van der Waals surface area contributed by atoms with Gasteiger partial charge in [-0.15, -0.1) is 21.5 Å². The molecule has 0 radical (unpaired) electrons. The van der Waals surface area contributed by atoms with E-state index < -0.39 is 17.2 Å². The van der Waals surface area contributed by atoms with E-state index in [1.165, 1.54) is 16.5 Å². The molecule has 344 valence electrons. The van der Waals surface area contributed by atoms with Gasteiger partial charge in [0.05, 0.1) is 23.9 Å². The predicted octanol–water partition coefficient (Wildman–Crippen LogP) is 9.38. The van der Waals surface area contributed by atoms with Crippen LogP contribution in [0.15, 0.2) is 107 Å². The number of anilines is 2. The van der Waals surface area contributed by atoms with E-state index in [0.29, 0.717) is 50.1 Å². The van der Waals surface area contributed by atoms with E-state index in [9.17, 15) is 14.6 Å². The van der Waals surface area contributed by atoms with E-state index >= 15 is 4.39 Å². The number of oxazole rings is 1. The van der Waals surface area contributed by atoms with E-state index in [-0.39, 0.29) is 23.6 Å². The molecule has 0 bridgehead atoms. The average molecular weight is 921 g/mol. The molecule has 4 aliphatic rings. The number of aromatic hydroxyl groups is 1. The summed E-state index contributed by atoms with van der Waals surface area (Å²) in [6.07, 6.45) is 6.50. The summed E-state index contributed by atoms with van der Waals surface area (Å²) < 4.78 is 37.0. The number of rotatable bonds is 9. The van der Waals surface area contributed by atoms with Crippen molar-refractivity contribution in [1.82, 2.24) is 24.6 Å². The summed E-state index contributed by atoms with van der Waals surface area (Å²) in [5.41, 5.74) is 9.50. The first-order chi connectivity index (χ1) is 32.5. The van der Waals surface area contributed by atoms with E-state index in [4.69, 9.17) is 9.41 Å². The lowest BCUT2D eigenvalue weighted by Crippen LogP contribution is -2.55. The molecule has 3 atom stereocenters. The van der Waals surface area contributed by atoms with E-state index in [0.717, 1.165) is 107 Å². The van der Waals surface area contributed by atoms with Gasteiger partial charge in [0.15, 0.2) is 11.7 Å². The molecular weight excluding hydrogens is 867 g/mol. The monoisotopic (exact) mass is 920 g/mol. The van der Waals surface area contributed by atoms with Gasteiger partial charge in [-0.3, -0.25) is 14.5 Å². The SMILES string of the molecule is Cc1sc2c(c1C)C(c1ccc(N3CCC(O)(CN4CCN(c5ccc([C@@H]6c7ccc(O)cc7CC[C@@H]6c6ccc(F)cc6F)cc5)CC4)CC3)cc1)=N[C@@H](Cc1ncco1)c1nnc(C)n1-2. The average Bonchev–Trinajstić information content (AvgIpc) is 4.04. The van der Waals surface area contributed by atoms with Gasteiger partial charge in [0.1, 0.15) is 40.5 Å². The quantitative estimate of drug-likeness (QED) is 0.146. The van der Waals surface area contributed by atoms with Gasteiger partial charge >= 0.3 is 0 Å². The number of phenolic OH excluding ortho intramolecular Hbond substituents is 1. The number of fused-ring (bicyclic) bond motifs is 4. The number of aryl methyl sites for hydroxylation is 3. The molecule has 0 spiro atoms. The third kappa shape index (κ3) is 8.22. The van der Waals surface area contributed by atoms with E-state index in [1.54, 1.807) is 35.9 Å². The Morgan fingerprint density at radius 2 is 1.54 bits per heavy atom. The molecule has 0 unspecified atom stereocenters. The molecule has 4 aromatic carbocycles. The predicted molar refractivity (Wildman–Crippen MR) is 257 cm³/mol. The van der Waals surface area contributed by atoms with Gasteiger partial charge in [-0.2, -0.15) is 0 Å². The van der Waals surface area contributed by atoms with Crippen LogP contribution < -0.4 is 9.80 Å². The lowest BCUT2D eigenvalue weighted by molar-refractivity contribution is -0.0173. The van der Waals surface area contributed by atoms with Crippen LogP contribution in [0, 0.1) is 32.4 Å². The van der Waals surface area contributed by atoms with Crippen LogP contribution in [-0.2, 0) is 12.8 Å². The summed E-state index contributed by atoms with van der Waals surface area (Å²) in [7, 11) is 0. The van der Waals surface area contributed by atoms with Crippen LogP contribution in [0.5, 0.6) is 5.75 Å². The van der Waals surface area contributed by atoms with Crippen molar-refractivity contribution in [1.29, 1.82) is 0 Å². The van der Waals surface area contributed by atoms with Gasteiger partial charge in [-0.1, -0.05) is 36.4 Å². The van der Waals surface area contributed by atoms with Crippen molar-refractivity contribution in [2.24, 2.45) is 4.99 Å². The maximum atomic E-state index is 15.2. The van der Waals surface area contributed by atoms with Crippen molar-refractivity contribution in [3.8, 4) is 10.8 Å². The van der Waals surface area contributed by atoms with Crippen LogP contribution in [-0.4, -0.2) is 92.0 Å². The van der Waals surface area contributed by atoms with Gasteiger partial charge in [0.25, 0.3) is 0 Å². The normalized spacial score (nSPS) is 20.5. The van der Waals surface area contributed by atoms with Crippen LogP contribution in [0.25, 0.3) is 5.00 Å². The maximum absolute atomic E-state index is 15.2.